The van der Waals surface area contributed by atoms with Crippen molar-refractivity contribution in [1.82, 2.24) is 15.1 Å². The van der Waals surface area contributed by atoms with Crippen molar-refractivity contribution < 1.29 is 9.84 Å². The Labute approximate surface area is 109 Å². The van der Waals surface area contributed by atoms with Crippen LogP contribution in [0.1, 0.15) is 6.42 Å². The summed E-state index contributed by atoms with van der Waals surface area (Å²) in [6.45, 7) is 2.87. The number of thiocarbonyl (C=S) groups is 1. The third kappa shape index (κ3) is 4.75. The summed E-state index contributed by atoms with van der Waals surface area (Å²) >= 11 is 5.34. The molecule has 0 radical (unpaired) electrons. The number of hydrogen-bond acceptors (Lipinski definition) is 4. The number of likely N-dealkylation sites (tertiary alicyclic amines) is 1. The number of nitrogens with zero attached hydrogens (tertiary/aromatic N) is 2. The Morgan fingerprint density at radius 2 is 2.29 bits per heavy atom. The molecule has 2 unspecified atom stereocenters. The summed E-state index contributed by atoms with van der Waals surface area (Å²) in [4.78, 5) is 4.20. The molecule has 0 aliphatic carbocycles. The van der Waals surface area contributed by atoms with Gasteiger partial charge in [-0.2, -0.15) is 0 Å². The molecular weight excluding hydrogens is 238 g/mol. The zero-order chi connectivity index (χ0) is 12.8. The minimum atomic E-state index is -0.276. The van der Waals surface area contributed by atoms with Crippen LogP contribution in [0.4, 0.5) is 0 Å². The molecule has 1 fully saturated rings. The molecule has 1 heterocycles. The van der Waals surface area contributed by atoms with Crippen molar-refractivity contribution in [2.45, 2.75) is 18.6 Å². The molecule has 0 aromatic rings. The van der Waals surface area contributed by atoms with Gasteiger partial charge in [0.25, 0.3) is 0 Å². The van der Waals surface area contributed by atoms with Gasteiger partial charge >= 0.3 is 0 Å². The average Bonchev–Trinajstić information content (AvgIpc) is 2.58. The van der Waals surface area contributed by atoms with Crippen molar-refractivity contribution >= 4 is 17.3 Å². The van der Waals surface area contributed by atoms with E-state index in [1.165, 1.54) is 0 Å². The first kappa shape index (κ1) is 14.6. The highest BCUT2D eigenvalue weighted by Gasteiger charge is 2.32. The largest absolute Gasteiger partial charge is 0.391 e. The monoisotopic (exact) mass is 261 g/mol. The van der Waals surface area contributed by atoms with Crippen LogP contribution in [0.15, 0.2) is 0 Å². The number of likely N-dealkylation sites (N-methyl/N-ethyl adjacent to an activating group) is 1. The van der Waals surface area contributed by atoms with Crippen LogP contribution < -0.4 is 5.32 Å². The van der Waals surface area contributed by atoms with E-state index in [1.54, 1.807) is 7.11 Å². The van der Waals surface area contributed by atoms with Crippen LogP contribution in [-0.2, 0) is 4.74 Å². The Bertz CT molecular complexity index is 251. The van der Waals surface area contributed by atoms with Crippen LogP contribution >= 0.6 is 12.2 Å². The van der Waals surface area contributed by atoms with Gasteiger partial charge in [-0.1, -0.05) is 0 Å². The number of hydrogen-bond donors (Lipinski definition) is 2. The summed E-state index contributed by atoms with van der Waals surface area (Å²) in [5.74, 6) is 0. The number of nitrogens with one attached hydrogen (secondary N) is 1. The number of aliphatic hydroxyl groups excluding tert-OH is 1. The zero-order valence-corrected chi connectivity index (χ0v) is 11.7. The van der Waals surface area contributed by atoms with Gasteiger partial charge in [-0.05, 0) is 32.7 Å². The maximum atomic E-state index is 9.73. The van der Waals surface area contributed by atoms with Gasteiger partial charge in [-0.15, -0.1) is 0 Å². The molecule has 1 saturated heterocycles. The molecule has 0 spiro atoms. The highest BCUT2D eigenvalue weighted by atomic mass is 32.1. The molecule has 0 saturated carbocycles. The second-order valence-corrected chi connectivity index (χ2v) is 5.07. The van der Waals surface area contributed by atoms with Gasteiger partial charge in [0.15, 0.2) is 5.11 Å². The van der Waals surface area contributed by atoms with Gasteiger partial charge in [0, 0.05) is 32.8 Å². The first-order valence-electron chi connectivity index (χ1n) is 5.90. The Balaban J connectivity index is 2.45. The van der Waals surface area contributed by atoms with E-state index in [2.05, 4.69) is 15.1 Å². The van der Waals surface area contributed by atoms with Crippen molar-refractivity contribution in [3.63, 3.8) is 0 Å². The molecule has 0 aromatic heterocycles. The van der Waals surface area contributed by atoms with Crippen LogP contribution in [0.3, 0.4) is 0 Å². The summed E-state index contributed by atoms with van der Waals surface area (Å²) in [5.41, 5.74) is 0. The van der Waals surface area contributed by atoms with Gasteiger partial charge in [0.05, 0.1) is 12.7 Å². The molecule has 5 nitrogen and oxygen atoms in total. The van der Waals surface area contributed by atoms with E-state index in [0.717, 1.165) is 13.0 Å². The van der Waals surface area contributed by atoms with E-state index in [9.17, 15) is 5.11 Å². The lowest BCUT2D eigenvalue weighted by Gasteiger charge is -2.29. The Hall–Kier alpha value is -0.430. The first-order chi connectivity index (χ1) is 8.04. The predicted molar refractivity (Wildman–Crippen MR) is 72.1 cm³/mol. The predicted octanol–water partition coefficient (Wildman–Crippen LogP) is -0.496. The summed E-state index contributed by atoms with van der Waals surface area (Å²) < 4.78 is 4.97. The van der Waals surface area contributed by atoms with E-state index in [4.69, 9.17) is 17.0 Å². The number of methoxy groups -OCH3 is 1. The fourth-order valence-corrected chi connectivity index (χ4v) is 2.42. The Morgan fingerprint density at radius 1 is 1.59 bits per heavy atom. The molecule has 100 valence electrons. The lowest BCUT2D eigenvalue weighted by Crippen LogP contribution is -2.47. The molecule has 1 aliphatic heterocycles. The molecule has 17 heavy (non-hydrogen) atoms. The zero-order valence-electron chi connectivity index (χ0n) is 10.8. The molecule has 1 rings (SSSR count). The molecular formula is C11H23N3O2S. The van der Waals surface area contributed by atoms with Crippen LogP contribution in [0, 0.1) is 0 Å². The third-order valence-electron chi connectivity index (χ3n) is 2.81. The van der Waals surface area contributed by atoms with Crippen molar-refractivity contribution in [3.05, 3.63) is 0 Å². The van der Waals surface area contributed by atoms with Crippen LogP contribution in [0.2, 0.25) is 0 Å². The highest BCUT2D eigenvalue weighted by Crippen LogP contribution is 2.18. The SMILES string of the molecule is COCCNC(=S)N1CC(O)CC1CN(C)C. The van der Waals surface area contributed by atoms with Crippen LogP contribution in [0.25, 0.3) is 0 Å². The fourth-order valence-electron chi connectivity index (χ4n) is 2.10. The van der Waals surface area contributed by atoms with Crippen LogP contribution in [0.5, 0.6) is 0 Å². The summed E-state index contributed by atoms with van der Waals surface area (Å²) in [6.07, 6.45) is 0.506. The molecule has 2 atom stereocenters. The second kappa shape index (κ2) is 7.10. The molecule has 0 aromatic carbocycles. The smallest absolute Gasteiger partial charge is 0.169 e. The molecule has 2 N–H and O–H groups in total. The van der Waals surface area contributed by atoms with Gasteiger partial charge in [0.2, 0.25) is 0 Å². The minimum absolute atomic E-state index is 0.276. The molecule has 1 aliphatic rings. The van der Waals surface area contributed by atoms with Gasteiger partial charge in [-0.3, -0.25) is 0 Å². The topological polar surface area (TPSA) is 48.0 Å². The Morgan fingerprint density at radius 3 is 2.88 bits per heavy atom. The van der Waals surface area contributed by atoms with Crippen molar-refractivity contribution in [2.75, 3.05) is 47.4 Å². The van der Waals surface area contributed by atoms with Crippen molar-refractivity contribution in [1.29, 1.82) is 0 Å². The minimum Gasteiger partial charge on any atom is -0.391 e. The lowest BCUT2D eigenvalue weighted by atomic mass is 10.2. The molecule has 0 bridgehead atoms. The van der Waals surface area contributed by atoms with E-state index in [-0.39, 0.29) is 6.10 Å². The number of ether oxygens (including phenoxy) is 1. The summed E-state index contributed by atoms with van der Waals surface area (Å²) in [5, 5.41) is 13.6. The van der Waals surface area contributed by atoms with E-state index >= 15 is 0 Å². The average molecular weight is 261 g/mol. The van der Waals surface area contributed by atoms with E-state index in [0.29, 0.717) is 30.9 Å². The van der Waals surface area contributed by atoms with Gasteiger partial charge < -0.3 is 25.0 Å². The first-order valence-corrected chi connectivity index (χ1v) is 6.31. The number of aliphatic hydroxyl groups is 1. The standard InChI is InChI=1S/C11H23N3O2S/c1-13(2)7-9-6-10(15)8-14(9)11(17)12-4-5-16-3/h9-10,15H,4-8H2,1-3H3,(H,12,17). The van der Waals surface area contributed by atoms with Crippen molar-refractivity contribution in [3.8, 4) is 0 Å². The van der Waals surface area contributed by atoms with Gasteiger partial charge in [0.1, 0.15) is 0 Å². The number of β-amino-alcohol motifs (C(OH)–C–C–N with tert-alkyl or cyclic N) is 1. The summed E-state index contributed by atoms with van der Waals surface area (Å²) in [6, 6.07) is 0.294. The fraction of sp³-hybridized carbons (Fsp3) is 0.909. The normalized spacial score (nSPS) is 24.4. The molecule has 0 amide bonds. The van der Waals surface area contributed by atoms with Gasteiger partial charge in [-0.25, -0.2) is 0 Å². The highest BCUT2D eigenvalue weighted by molar-refractivity contribution is 7.80. The number of rotatable bonds is 5. The summed E-state index contributed by atoms with van der Waals surface area (Å²) in [7, 11) is 5.73. The third-order valence-corrected chi connectivity index (χ3v) is 3.19. The van der Waals surface area contributed by atoms with E-state index < -0.39 is 0 Å². The van der Waals surface area contributed by atoms with Crippen molar-refractivity contribution in [2.24, 2.45) is 0 Å². The Kier molecular flexibility index (Phi) is 6.11. The maximum absolute atomic E-state index is 9.73. The second-order valence-electron chi connectivity index (χ2n) is 4.68. The molecule has 6 heteroatoms. The van der Waals surface area contributed by atoms with E-state index in [1.807, 2.05) is 14.1 Å². The quantitative estimate of drug-likeness (QED) is 0.514. The van der Waals surface area contributed by atoms with Crippen LogP contribution in [-0.4, -0.2) is 79.6 Å². The maximum Gasteiger partial charge on any atom is 0.169 e. The lowest BCUT2D eigenvalue weighted by molar-refractivity contribution is 0.187.